The van der Waals surface area contributed by atoms with E-state index in [1.807, 2.05) is 18.3 Å². The number of fused-ring (bicyclic) bond motifs is 1. The van der Waals surface area contributed by atoms with E-state index in [2.05, 4.69) is 62.6 Å². The molecule has 2 aromatic carbocycles. The minimum absolute atomic E-state index is 1.05. The Kier molecular flexibility index (Phi) is 4.09. The van der Waals surface area contributed by atoms with E-state index in [0.29, 0.717) is 0 Å². The molecule has 1 saturated heterocycles. The zero-order valence-corrected chi connectivity index (χ0v) is 14.0. The van der Waals surface area contributed by atoms with Crippen LogP contribution in [0.2, 0.25) is 0 Å². The molecular formula is C19H23N5. The molecule has 0 aliphatic carbocycles. The quantitative estimate of drug-likeness (QED) is 0.773. The third-order valence-electron chi connectivity index (χ3n) is 4.82. The number of piperazine rings is 1. The minimum atomic E-state index is 1.05. The second-order valence-corrected chi connectivity index (χ2v) is 6.23. The van der Waals surface area contributed by atoms with Crippen LogP contribution in [0.15, 0.2) is 48.7 Å². The molecule has 0 atom stereocenters. The standard InChI is InChI=1S/C19H23N5/c1-2-23-10-12-24(13-11-23)16-8-6-15(7-9-16)21-18-4-3-5-19-17(18)14-20-22-19/h3-9,14,21H,2,10-13H2,1H3,(H,20,22). The summed E-state index contributed by atoms with van der Waals surface area (Å²) in [4.78, 5) is 4.96. The summed E-state index contributed by atoms with van der Waals surface area (Å²) in [6.45, 7) is 7.90. The summed E-state index contributed by atoms with van der Waals surface area (Å²) in [5.74, 6) is 0. The van der Waals surface area contributed by atoms with E-state index in [-0.39, 0.29) is 0 Å². The fourth-order valence-corrected chi connectivity index (χ4v) is 3.31. The highest BCUT2D eigenvalue weighted by Crippen LogP contribution is 2.26. The molecule has 1 aliphatic rings. The Morgan fingerprint density at radius 2 is 1.83 bits per heavy atom. The molecule has 2 N–H and O–H groups in total. The zero-order valence-electron chi connectivity index (χ0n) is 14.0. The van der Waals surface area contributed by atoms with Gasteiger partial charge in [-0.1, -0.05) is 13.0 Å². The smallest absolute Gasteiger partial charge is 0.0671 e. The Morgan fingerprint density at radius 3 is 2.58 bits per heavy atom. The van der Waals surface area contributed by atoms with E-state index in [1.165, 1.54) is 5.69 Å². The molecule has 0 radical (unpaired) electrons. The van der Waals surface area contributed by atoms with Crippen LogP contribution in [0.3, 0.4) is 0 Å². The summed E-state index contributed by atoms with van der Waals surface area (Å²) in [6.07, 6.45) is 1.86. The number of nitrogens with zero attached hydrogens (tertiary/aromatic N) is 3. The summed E-state index contributed by atoms with van der Waals surface area (Å²) < 4.78 is 0. The molecule has 1 aromatic heterocycles. The molecule has 24 heavy (non-hydrogen) atoms. The van der Waals surface area contributed by atoms with Crippen LogP contribution in [0, 0.1) is 0 Å². The van der Waals surface area contributed by atoms with Crippen molar-refractivity contribution in [1.29, 1.82) is 0 Å². The Labute approximate surface area is 142 Å². The topological polar surface area (TPSA) is 47.2 Å². The maximum Gasteiger partial charge on any atom is 0.0671 e. The minimum Gasteiger partial charge on any atom is -0.369 e. The van der Waals surface area contributed by atoms with Gasteiger partial charge in [0.2, 0.25) is 0 Å². The number of hydrogen-bond donors (Lipinski definition) is 2. The predicted octanol–water partition coefficient (Wildman–Crippen LogP) is 3.45. The van der Waals surface area contributed by atoms with Crippen molar-refractivity contribution in [1.82, 2.24) is 15.1 Å². The molecule has 0 unspecified atom stereocenters. The van der Waals surface area contributed by atoms with Crippen LogP contribution in [0.1, 0.15) is 6.92 Å². The van der Waals surface area contributed by atoms with Crippen molar-refractivity contribution in [2.24, 2.45) is 0 Å². The van der Waals surface area contributed by atoms with Crippen LogP contribution in [0.25, 0.3) is 10.9 Å². The van der Waals surface area contributed by atoms with Gasteiger partial charge in [-0.05, 0) is 42.9 Å². The van der Waals surface area contributed by atoms with Crippen molar-refractivity contribution in [3.63, 3.8) is 0 Å². The van der Waals surface area contributed by atoms with Gasteiger partial charge >= 0.3 is 0 Å². The zero-order chi connectivity index (χ0) is 16.4. The maximum absolute atomic E-state index is 4.12. The molecule has 0 amide bonds. The van der Waals surface area contributed by atoms with Crippen LogP contribution in [-0.4, -0.2) is 47.8 Å². The summed E-state index contributed by atoms with van der Waals surface area (Å²) in [5.41, 5.74) is 4.52. The first-order valence-corrected chi connectivity index (χ1v) is 8.60. The Bertz CT molecular complexity index is 800. The highest BCUT2D eigenvalue weighted by atomic mass is 15.3. The normalized spacial score (nSPS) is 15.8. The van der Waals surface area contributed by atoms with E-state index in [1.54, 1.807) is 0 Å². The summed E-state index contributed by atoms with van der Waals surface area (Å²) in [5, 5.41) is 11.7. The van der Waals surface area contributed by atoms with Crippen molar-refractivity contribution in [2.75, 3.05) is 42.9 Å². The highest BCUT2D eigenvalue weighted by molar-refractivity contribution is 5.92. The second-order valence-electron chi connectivity index (χ2n) is 6.23. The van der Waals surface area contributed by atoms with Gasteiger partial charge in [-0.25, -0.2) is 0 Å². The van der Waals surface area contributed by atoms with Crippen molar-refractivity contribution < 1.29 is 0 Å². The average molecular weight is 321 g/mol. The number of aromatic amines is 1. The largest absolute Gasteiger partial charge is 0.369 e. The lowest BCUT2D eigenvalue weighted by Gasteiger charge is -2.35. The van der Waals surface area contributed by atoms with E-state index < -0.39 is 0 Å². The van der Waals surface area contributed by atoms with Crippen molar-refractivity contribution in [2.45, 2.75) is 6.92 Å². The fraction of sp³-hybridized carbons (Fsp3) is 0.316. The summed E-state index contributed by atoms with van der Waals surface area (Å²) in [7, 11) is 0. The lowest BCUT2D eigenvalue weighted by Crippen LogP contribution is -2.46. The van der Waals surface area contributed by atoms with Gasteiger partial charge in [0.25, 0.3) is 0 Å². The molecule has 2 heterocycles. The fourth-order valence-electron chi connectivity index (χ4n) is 3.31. The first-order valence-electron chi connectivity index (χ1n) is 8.60. The molecule has 1 aliphatic heterocycles. The molecule has 0 bridgehead atoms. The number of anilines is 3. The Morgan fingerprint density at radius 1 is 1.04 bits per heavy atom. The average Bonchev–Trinajstić information content (AvgIpc) is 3.12. The number of rotatable bonds is 4. The van der Waals surface area contributed by atoms with E-state index in [0.717, 1.165) is 55.0 Å². The third-order valence-corrected chi connectivity index (χ3v) is 4.82. The number of hydrogen-bond acceptors (Lipinski definition) is 4. The van der Waals surface area contributed by atoms with Crippen molar-refractivity contribution in [3.8, 4) is 0 Å². The molecule has 3 aromatic rings. The van der Waals surface area contributed by atoms with Crippen LogP contribution < -0.4 is 10.2 Å². The van der Waals surface area contributed by atoms with E-state index >= 15 is 0 Å². The Hall–Kier alpha value is -2.53. The molecule has 1 fully saturated rings. The number of likely N-dealkylation sites (N-methyl/N-ethyl adjacent to an activating group) is 1. The first-order chi connectivity index (χ1) is 11.8. The number of aromatic nitrogens is 2. The van der Waals surface area contributed by atoms with Crippen molar-refractivity contribution in [3.05, 3.63) is 48.7 Å². The molecule has 5 heteroatoms. The van der Waals surface area contributed by atoms with Gasteiger partial charge in [0, 0.05) is 48.6 Å². The maximum atomic E-state index is 4.12. The highest BCUT2D eigenvalue weighted by Gasteiger charge is 2.15. The molecule has 4 rings (SSSR count). The van der Waals surface area contributed by atoms with Crippen LogP contribution in [0.4, 0.5) is 17.1 Å². The number of benzene rings is 2. The number of nitrogens with one attached hydrogen (secondary N) is 2. The van der Waals surface area contributed by atoms with Gasteiger partial charge in [-0.15, -0.1) is 0 Å². The Balaban J connectivity index is 1.47. The van der Waals surface area contributed by atoms with Gasteiger partial charge in [0.15, 0.2) is 0 Å². The van der Waals surface area contributed by atoms with Gasteiger partial charge < -0.3 is 15.1 Å². The summed E-state index contributed by atoms with van der Waals surface area (Å²) in [6, 6.07) is 14.9. The number of H-pyrrole nitrogens is 1. The monoisotopic (exact) mass is 321 g/mol. The van der Waals surface area contributed by atoms with Gasteiger partial charge in [0.1, 0.15) is 0 Å². The van der Waals surface area contributed by atoms with Crippen molar-refractivity contribution >= 4 is 28.0 Å². The second kappa shape index (κ2) is 6.53. The predicted molar refractivity (Wildman–Crippen MR) is 100 cm³/mol. The molecule has 124 valence electrons. The summed E-state index contributed by atoms with van der Waals surface area (Å²) >= 11 is 0. The lowest BCUT2D eigenvalue weighted by molar-refractivity contribution is 0.271. The third kappa shape index (κ3) is 2.95. The van der Waals surface area contributed by atoms with Crippen LogP contribution in [-0.2, 0) is 0 Å². The molecular weight excluding hydrogens is 298 g/mol. The molecule has 0 spiro atoms. The van der Waals surface area contributed by atoms with E-state index in [9.17, 15) is 0 Å². The van der Waals surface area contributed by atoms with Crippen LogP contribution >= 0.6 is 0 Å². The lowest BCUT2D eigenvalue weighted by atomic mass is 10.2. The molecule has 0 saturated carbocycles. The van der Waals surface area contributed by atoms with E-state index in [4.69, 9.17) is 0 Å². The van der Waals surface area contributed by atoms with Gasteiger partial charge in [-0.2, -0.15) is 5.10 Å². The first kappa shape index (κ1) is 15.0. The van der Waals surface area contributed by atoms with Crippen LogP contribution in [0.5, 0.6) is 0 Å². The SMILES string of the molecule is CCN1CCN(c2ccc(Nc3cccc4[nH]ncc34)cc2)CC1. The van der Waals surface area contributed by atoms with Gasteiger partial charge in [-0.3, -0.25) is 5.10 Å². The van der Waals surface area contributed by atoms with Gasteiger partial charge in [0.05, 0.1) is 11.7 Å². The molecule has 5 nitrogen and oxygen atoms in total.